The standard InChI is InChI=1S/C18H14FNO/c19-14-5-4-6-16(13-14)20-15-9-11-18(12-10-15)21-17-7-2-1-3-8-17/h1-13,20H. The average Bonchev–Trinajstić information content (AvgIpc) is 2.50. The van der Waals surface area contributed by atoms with Crippen LogP contribution in [0.15, 0.2) is 78.9 Å². The van der Waals surface area contributed by atoms with Crippen molar-refractivity contribution in [2.45, 2.75) is 0 Å². The van der Waals surface area contributed by atoms with E-state index in [-0.39, 0.29) is 5.82 Å². The van der Waals surface area contributed by atoms with Crippen LogP contribution in [-0.2, 0) is 0 Å². The van der Waals surface area contributed by atoms with E-state index in [9.17, 15) is 4.39 Å². The number of rotatable bonds is 4. The summed E-state index contributed by atoms with van der Waals surface area (Å²) in [6, 6.07) is 23.5. The fourth-order valence-corrected chi connectivity index (χ4v) is 1.96. The molecule has 3 aromatic carbocycles. The van der Waals surface area contributed by atoms with Gasteiger partial charge in [0.25, 0.3) is 0 Å². The van der Waals surface area contributed by atoms with Gasteiger partial charge in [-0.15, -0.1) is 0 Å². The van der Waals surface area contributed by atoms with E-state index in [1.54, 1.807) is 6.07 Å². The number of hydrogen-bond acceptors (Lipinski definition) is 2. The lowest BCUT2D eigenvalue weighted by atomic mass is 10.2. The van der Waals surface area contributed by atoms with Crippen molar-refractivity contribution in [3.05, 3.63) is 84.7 Å². The SMILES string of the molecule is Fc1cccc(Nc2ccc(Oc3ccccc3)cc2)c1. The third kappa shape index (κ3) is 3.60. The van der Waals surface area contributed by atoms with Gasteiger partial charge in [0.2, 0.25) is 0 Å². The highest BCUT2D eigenvalue weighted by Gasteiger charge is 1.99. The van der Waals surface area contributed by atoms with Gasteiger partial charge in [-0.3, -0.25) is 0 Å². The van der Waals surface area contributed by atoms with E-state index in [1.807, 2.05) is 60.7 Å². The van der Waals surface area contributed by atoms with Gasteiger partial charge >= 0.3 is 0 Å². The van der Waals surface area contributed by atoms with Crippen molar-refractivity contribution in [2.75, 3.05) is 5.32 Å². The number of anilines is 2. The van der Waals surface area contributed by atoms with E-state index in [0.717, 1.165) is 17.2 Å². The molecule has 0 aliphatic rings. The summed E-state index contributed by atoms with van der Waals surface area (Å²) < 4.78 is 18.8. The smallest absolute Gasteiger partial charge is 0.127 e. The van der Waals surface area contributed by atoms with Gasteiger partial charge in [-0.2, -0.15) is 0 Å². The van der Waals surface area contributed by atoms with E-state index < -0.39 is 0 Å². The predicted octanol–water partition coefficient (Wildman–Crippen LogP) is 5.36. The molecule has 104 valence electrons. The highest BCUT2D eigenvalue weighted by atomic mass is 19.1. The Labute approximate surface area is 122 Å². The zero-order chi connectivity index (χ0) is 14.5. The van der Waals surface area contributed by atoms with Gasteiger partial charge < -0.3 is 10.1 Å². The van der Waals surface area contributed by atoms with Crippen LogP contribution in [0.4, 0.5) is 15.8 Å². The van der Waals surface area contributed by atoms with E-state index in [2.05, 4.69) is 5.32 Å². The molecule has 0 unspecified atom stereocenters. The van der Waals surface area contributed by atoms with Crippen LogP contribution >= 0.6 is 0 Å². The van der Waals surface area contributed by atoms with Crippen molar-refractivity contribution < 1.29 is 9.13 Å². The normalized spacial score (nSPS) is 10.1. The maximum atomic E-state index is 13.1. The minimum Gasteiger partial charge on any atom is -0.457 e. The Balaban J connectivity index is 1.69. The van der Waals surface area contributed by atoms with Crippen molar-refractivity contribution in [1.29, 1.82) is 0 Å². The molecule has 0 bridgehead atoms. The van der Waals surface area contributed by atoms with Gasteiger partial charge in [0, 0.05) is 11.4 Å². The molecule has 3 heteroatoms. The third-order valence-corrected chi connectivity index (χ3v) is 2.95. The third-order valence-electron chi connectivity index (χ3n) is 2.95. The van der Waals surface area contributed by atoms with Crippen molar-refractivity contribution in [1.82, 2.24) is 0 Å². The molecule has 3 rings (SSSR count). The van der Waals surface area contributed by atoms with Crippen molar-refractivity contribution in [2.24, 2.45) is 0 Å². The van der Waals surface area contributed by atoms with Crippen LogP contribution in [0.25, 0.3) is 0 Å². The minimum atomic E-state index is -0.260. The van der Waals surface area contributed by atoms with Crippen molar-refractivity contribution >= 4 is 11.4 Å². The highest BCUT2D eigenvalue weighted by Crippen LogP contribution is 2.24. The highest BCUT2D eigenvalue weighted by molar-refractivity contribution is 5.60. The maximum absolute atomic E-state index is 13.1. The van der Waals surface area contributed by atoms with Gasteiger partial charge in [-0.05, 0) is 54.6 Å². The Bertz CT molecular complexity index is 711. The first kappa shape index (κ1) is 13.2. The molecule has 0 radical (unpaired) electrons. The van der Waals surface area contributed by atoms with Crippen LogP contribution in [0.1, 0.15) is 0 Å². The van der Waals surface area contributed by atoms with Crippen LogP contribution in [0.3, 0.4) is 0 Å². The summed E-state index contributed by atoms with van der Waals surface area (Å²) in [4.78, 5) is 0. The van der Waals surface area contributed by atoms with Crippen LogP contribution in [0, 0.1) is 5.82 Å². The fourth-order valence-electron chi connectivity index (χ4n) is 1.96. The zero-order valence-corrected chi connectivity index (χ0v) is 11.3. The fraction of sp³-hybridized carbons (Fsp3) is 0. The second-order valence-electron chi connectivity index (χ2n) is 4.57. The van der Waals surface area contributed by atoms with Crippen LogP contribution in [-0.4, -0.2) is 0 Å². The summed E-state index contributed by atoms with van der Waals surface area (Å²) in [5.74, 6) is 1.29. The lowest BCUT2D eigenvalue weighted by Gasteiger charge is -2.09. The van der Waals surface area contributed by atoms with Crippen molar-refractivity contribution in [3.63, 3.8) is 0 Å². The monoisotopic (exact) mass is 279 g/mol. The van der Waals surface area contributed by atoms with Crippen LogP contribution in [0.5, 0.6) is 11.5 Å². The van der Waals surface area contributed by atoms with E-state index in [4.69, 9.17) is 4.74 Å². The lowest BCUT2D eigenvalue weighted by Crippen LogP contribution is -1.91. The summed E-state index contributed by atoms with van der Waals surface area (Å²) in [6.45, 7) is 0. The lowest BCUT2D eigenvalue weighted by molar-refractivity contribution is 0.483. The largest absolute Gasteiger partial charge is 0.457 e. The number of ether oxygens (including phenoxy) is 1. The van der Waals surface area contributed by atoms with E-state index in [1.165, 1.54) is 12.1 Å². The number of hydrogen-bond donors (Lipinski definition) is 1. The summed E-state index contributed by atoms with van der Waals surface area (Å²) in [6.07, 6.45) is 0. The minimum absolute atomic E-state index is 0.260. The Hall–Kier alpha value is -2.81. The second kappa shape index (κ2) is 6.09. The molecule has 2 nitrogen and oxygen atoms in total. The molecular weight excluding hydrogens is 265 g/mol. The Morgan fingerprint density at radius 3 is 2.10 bits per heavy atom. The van der Waals surface area contributed by atoms with E-state index >= 15 is 0 Å². The van der Waals surface area contributed by atoms with Crippen LogP contribution in [0.2, 0.25) is 0 Å². The van der Waals surface area contributed by atoms with Gasteiger partial charge in [-0.1, -0.05) is 24.3 Å². The molecule has 0 amide bonds. The Morgan fingerprint density at radius 2 is 1.38 bits per heavy atom. The summed E-state index contributed by atoms with van der Waals surface area (Å²) in [5, 5.41) is 3.14. The molecule has 0 aromatic heterocycles. The molecule has 0 fully saturated rings. The number of benzene rings is 3. The molecule has 0 atom stereocenters. The van der Waals surface area contributed by atoms with Crippen molar-refractivity contribution in [3.8, 4) is 11.5 Å². The van der Waals surface area contributed by atoms with Gasteiger partial charge in [0.05, 0.1) is 0 Å². The summed E-state index contributed by atoms with van der Waals surface area (Å²) in [5.41, 5.74) is 1.59. The summed E-state index contributed by atoms with van der Waals surface area (Å²) >= 11 is 0. The molecule has 3 aromatic rings. The number of halogens is 1. The molecule has 0 saturated heterocycles. The first-order chi connectivity index (χ1) is 10.3. The second-order valence-corrected chi connectivity index (χ2v) is 4.57. The molecule has 0 heterocycles. The molecule has 0 spiro atoms. The molecule has 0 aliphatic carbocycles. The predicted molar refractivity (Wildman–Crippen MR) is 82.6 cm³/mol. The van der Waals surface area contributed by atoms with Crippen LogP contribution < -0.4 is 10.1 Å². The summed E-state index contributed by atoms with van der Waals surface area (Å²) in [7, 11) is 0. The molecule has 21 heavy (non-hydrogen) atoms. The first-order valence-electron chi connectivity index (χ1n) is 6.65. The number of para-hydroxylation sites is 1. The quantitative estimate of drug-likeness (QED) is 0.694. The van der Waals surface area contributed by atoms with E-state index in [0.29, 0.717) is 5.69 Å². The average molecular weight is 279 g/mol. The van der Waals surface area contributed by atoms with Gasteiger partial charge in [0.15, 0.2) is 0 Å². The van der Waals surface area contributed by atoms with Gasteiger partial charge in [0.1, 0.15) is 17.3 Å². The maximum Gasteiger partial charge on any atom is 0.127 e. The zero-order valence-electron chi connectivity index (χ0n) is 11.3. The Kier molecular flexibility index (Phi) is 3.83. The number of nitrogens with one attached hydrogen (secondary N) is 1. The topological polar surface area (TPSA) is 21.3 Å². The first-order valence-corrected chi connectivity index (χ1v) is 6.65. The Morgan fingerprint density at radius 1 is 0.667 bits per heavy atom. The molecule has 1 N–H and O–H groups in total. The molecule has 0 saturated carbocycles. The molecule has 0 aliphatic heterocycles. The molecular formula is C18H14FNO. The van der Waals surface area contributed by atoms with Gasteiger partial charge in [-0.25, -0.2) is 4.39 Å².